The summed E-state index contributed by atoms with van der Waals surface area (Å²) in [6.45, 7) is 0. The van der Waals surface area contributed by atoms with E-state index in [0.717, 1.165) is 0 Å². The van der Waals surface area contributed by atoms with E-state index in [1.165, 1.54) is 0 Å². The summed E-state index contributed by atoms with van der Waals surface area (Å²) in [5, 5.41) is 17.7. The molecule has 198 valence electrons. The third-order valence-corrected chi connectivity index (χ3v) is 3.69. The van der Waals surface area contributed by atoms with Gasteiger partial charge in [0.25, 0.3) is 5.69 Å². The third-order valence-electron chi connectivity index (χ3n) is 3.69. The van der Waals surface area contributed by atoms with Gasteiger partial charge in [0, 0.05) is 6.07 Å². The molecule has 0 spiro atoms. The van der Waals surface area contributed by atoms with Crippen molar-refractivity contribution in [3.05, 3.63) is 44.5 Å². The van der Waals surface area contributed by atoms with E-state index in [4.69, 9.17) is 0 Å². The predicted octanol–water partition coefficient (Wildman–Crippen LogP) is 4.79. The molecule has 1 rings (SSSR count). The summed E-state index contributed by atoms with van der Waals surface area (Å²) in [7, 11) is 0. The first kappa shape index (κ1) is 29.6. The first-order valence-electron chi connectivity index (χ1n) is 7.75. The molecule has 0 heterocycles. The first-order chi connectivity index (χ1) is 15.4. The lowest BCUT2D eigenvalue weighted by atomic mass is 10.1. The molecule has 0 bridgehead atoms. The molecular weight excluding hydrogens is 541 g/mol. The van der Waals surface area contributed by atoms with Crippen molar-refractivity contribution in [3.8, 4) is 0 Å². The van der Waals surface area contributed by atoms with Gasteiger partial charge in [-0.1, -0.05) is 12.1 Å². The zero-order valence-electron chi connectivity index (χ0n) is 15.5. The summed E-state index contributed by atoms with van der Waals surface area (Å²) in [6, 6.07) is 1.48. The predicted molar refractivity (Wildman–Crippen MR) is 79.5 cm³/mol. The lowest BCUT2D eigenvalue weighted by Crippen LogP contribution is -2.67. The van der Waals surface area contributed by atoms with Crippen LogP contribution in [0.1, 0.15) is 0 Å². The number of hydrazine groups is 1. The molecule has 0 aliphatic rings. The van der Waals surface area contributed by atoms with Gasteiger partial charge in [0.05, 0.1) is 4.92 Å². The minimum Gasteiger partial charge on any atom is -0.262 e. The molecule has 0 aromatic heterocycles. The number of alkyl halides is 13. The number of anilines is 1. The number of hydrogen-bond donors (Lipinski definition) is 0. The van der Waals surface area contributed by atoms with Crippen LogP contribution in [-0.2, 0) is 9.53 Å². The monoisotopic (exact) mass is 545 g/mol. The Bertz CT molecular complexity index is 1010. The van der Waals surface area contributed by atoms with Gasteiger partial charge in [0.2, 0.25) is 0 Å². The van der Waals surface area contributed by atoms with E-state index in [1.807, 2.05) is 4.74 Å². The molecule has 0 saturated carbocycles. The van der Waals surface area contributed by atoms with Gasteiger partial charge >= 0.3 is 42.1 Å². The Labute approximate surface area is 180 Å². The standard InChI is InChI=1S/C13H4F13N3O6/c14-8(11(19,20)21,35-13(25,26)10(17,18)9(15,16)12(22,23)24)7(30)27(29(33)34)5-3-1-2-4-6(5)28(31)32/h1-4H. The molecule has 0 fully saturated rings. The van der Waals surface area contributed by atoms with Gasteiger partial charge in [-0.2, -0.15) is 57.1 Å². The summed E-state index contributed by atoms with van der Waals surface area (Å²) in [6.07, 6.45) is -22.8. The van der Waals surface area contributed by atoms with Crippen LogP contribution in [-0.4, -0.2) is 52.0 Å². The van der Waals surface area contributed by atoms with Crippen LogP contribution in [0, 0.1) is 20.2 Å². The topological polar surface area (TPSA) is 116 Å². The first-order valence-corrected chi connectivity index (χ1v) is 7.75. The van der Waals surface area contributed by atoms with Crippen LogP contribution >= 0.6 is 0 Å². The fourth-order valence-electron chi connectivity index (χ4n) is 2.03. The zero-order valence-corrected chi connectivity index (χ0v) is 15.5. The Hall–Kier alpha value is -3.46. The molecule has 0 radical (unpaired) electrons. The average molecular weight is 545 g/mol. The minimum atomic E-state index is -8.04. The van der Waals surface area contributed by atoms with Crippen molar-refractivity contribution in [3.63, 3.8) is 0 Å². The molecular formula is C13H4F13N3O6. The number of amides is 1. The molecule has 1 unspecified atom stereocenters. The normalized spacial score (nSPS) is 15.3. The molecule has 0 aliphatic heterocycles. The maximum atomic E-state index is 14.5. The number of nitro benzene ring substituents is 1. The van der Waals surface area contributed by atoms with Gasteiger partial charge in [-0.25, -0.2) is 10.1 Å². The highest BCUT2D eigenvalue weighted by atomic mass is 19.4. The maximum absolute atomic E-state index is 14.5. The van der Waals surface area contributed by atoms with Gasteiger partial charge in [-0.05, 0) is 11.1 Å². The summed E-state index contributed by atoms with van der Waals surface area (Å²) in [5.41, 5.74) is -3.60. The summed E-state index contributed by atoms with van der Waals surface area (Å²) in [5.74, 6) is -27.2. The van der Waals surface area contributed by atoms with E-state index in [0.29, 0.717) is 12.1 Å². The SMILES string of the molecule is O=C(N(c1ccccc1[N+](=O)[O-])[N+](=O)[O-])C(F)(OC(F)(F)C(F)(F)C(F)(F)C(F)(F)F)C(F)(F)F. The van der Waals surface area contributed by atoms with Crippen LogP contribution in [0.5, 0.6) is 0 Å². The van der Waals surface area contributed by atoms with E-state index in [-0.39, 0.29) is 12.1 Å². The summed E-state index contributed by atoms with van der Waals surface area (Å²) >= 11 is 0. The lowest BCUT2D eigenvalue weighted by Gasteiger charge is -2.36. The Morgan fingerprint density at radius 1 is 0.771 bits per heavy atom. The van der Waals surface area contributed by atoms with Crippen molar-refractivity contribution < 1.29 is 76.6 Å². The van der Waals surface area contributed by atoms with Crippen molar-refractivity contribution >= 4 is 17.3 Å². The van der Waals surface area contributed by atoms with E-state index < -0.39 is 68.4 Å². The fraction of sp³-hybridized carbons (Fsp3) is 0.462. The Kier molecular flexibility index (Phi) is 7.30. The quantitative estimate of drug-likeness (QED) is 0.264. The number of ether oxygens (including phenoxy) is 1. The zero-order chi connectivity index (χ0) is 28.0. The molecule has 1 aromatic carbocycles. The molecule has 22 heteroatoms. The molecule has 0 aliphatic carbocycles. The van der Waals surface area contributed by atoms with Gasteiger partial charge in [-0.3, -0.25) is 19.6 Å². The highest BCUT2D eigenvalue weighted by Crippen LogP contribution is 2.55. The molecule has 1 aromatic rings. The fourth-order valence-corrected chi connectivity index (χ4v) is 2.03. The number of benzene rings is 1. The lowest BCUT2D eigenvalue weighted by molar-refractivity contribution is -0.501. The highest BCUT2D eigenvalue weighted by Gasteiger charge is 2.85. The second kappa shape index (κ2) is 8.64. The summed E-state index contributed by atoms with van der Waals surface area (Å²) < 4.78 is 171. The number of halogens is 13. The number of carbonyl (C=O) groups is 1. The van der Waals surface area contributed by atoms with Crippen LogP contribution in [0.4, 0.5) is 68.5 Å². The third kappa shape index (κ3) is 4.86. The van der Waals surface area contributed by atoms with E-state index in [1.54, 1.807) is 0 Å². The highest BCUT2D eigenvalue weighted by molar-refractivity contribution is 5.98. The van der Waals surface area contributed by atoms with Gasteiger partial charge in [0.15, 0.2) is 10.7 Å². The van der Waals surface area contributed by atoms with Gasteiger partial charge in [0.1, 0.15) is 0 Å². The smallest absolute Gasteiger partial charge is 0.262 e. The van der Waals surface area contributed by atoms with E-state index in [9.17, 15) is 82.1 Å². The largest absolute Gasteiger partial charge is 0.460 e. The molecule has 9 nitrogen and oxygen atoms in total. The Balaban J connectivity index is 3.78. The van der Waals surface area contributed by atoms with Crippen molar-refractivity contribution in [2.24, 2.45) is 0 Å². The maximum Gasteiger partial charge on any atom is 0.460 e. The number of hydrogen-bond acceptors (Lipinski definition) is 6. The summed E-state index contributed by atoms with van der Waals surface area (Å²) in [4.78, 5) is 32.2. The molecule has 1 atom stereocenters. The number of para-hydroxylation sites is 2. The van der Waals surface area contributed by atoms with Crippen LogP contribution in [0.2, 0.25) is 0 Å². The number of nitro groups is 2. The van der Waals surface area contributed by atoms with E-state index in [2.05, 4.69) is 0 Å². The van der Waals surface area contributed by atoms with Gasteiger partial charge < -0.3 is 0 Å². The van der Waals surface area contributed by atoms with Crippen molar-refractivity contribution in [1.82, 2.24) is 0 Å². The molecule has 0 saturated heterocycles. The Morgan fingerprint density at radius 3 is 1.60 bits per heavy atom. The van der Waals surface area contributed by atoms with E-state index >= 15 is 0 Å². The number of carbonyl (C=O) groups excluding carboxylic acids is 1. The van der Waals surface area contributed by atoms with Crippen molar-refractivity contribution in [2.45, 2.75) is 36.2 Å². The Morgan fingerprint density at radius 2 is 1.23 bits per heavy atom. The second-order valence-corrected chi connectivity index (χ2v) is 5.96. The van der Waals surface area contributed by atoms with Crippen LogP contribution < -0.4 is 5.01 Å². The number of nitrogens with zero attached hydrogens (tertiary/aromatic N) is 3. The molecule has 1 amide bonds. The second-order valence-electron chi connectivity index (χ2n) is 5.96. The van der Waals surface area contributed by atoms with Gasteiger partial charge in [-0.15, -0.1) is 0 Å². The average Bonchev–Trinajstić information content (AvgIpc) is 2.65. The van der Waals surface area contributed by atoms with Crippen LogP contribution in [0.3, 0.4) is 0 Å². The van der Waals surface area contributed by atoms with Crippen LogP contribution in [0.15, 0.2) is 24.3 Å². The number of rotatable bonds is 8. The molecule has 35 heavy (non-hydrogen) atoms. The molecule has 0 N–H and O–H groups in total. The van der Waals surface area contributed by atoms with Crippen molar-refractivity contribution in [2.75, 3.05) is 5.01 Å². The van der Waals surface area contributed by atoms with Crippen LogP contribution in [0.25, 0.3) is 0 Å². The minimum absolute atomic E-state index is 0.0557. The van der Waals surface area contributed by atoms with Crippen molar-refractivity contribution in [1.29, 1.82) is 0 Å².